The van der Waals surface area contributed by atoms with Gasteiger partial charge in [-0.3, -0.25) is 19.4 Å². The van der Waals surface area contributed by atoms with E-state index < -0.39 is 12.0 Å². The van der Waals surface area contributed by atoms with Gasteiger partial charge in [-0.05, 0) is 48.9 Å². The Balaban J connectivity index is 1.36. The fourth-order valence-corrected chi connectivity index (χ4v) is 4.34. The summed E-state index contributed by atoms with van der Waals surface area (Å²) in [5.74, 6) is -0.843. The van der Waals surface area contributed by atoms with E-state index in [1.807, 2.05) is 24.3 Å². The van der Waals surface area contributed by atoms with Gasteiger partial charge in [-0.2, -0.15) is 0 Å². The monoisotopic (exact) mass is 455 g/mol. The van der Waals surface area contributed by atoms with Crippen LogP contribution in [0.1, 0.15) is 29.3 Å². The van der Waals surface area contributed by atoms with Gasteiger partial charge in [-0.15, -0.1) is 0 Å². The average molecular weight is 456 g/mol. The number of carbonyl (C=O) groups is 3. The number of piperazine rings is 1. The molecule has 0 bridgehead atoms. The zero-order valence-corrected chi connectivity index (χ0v) is 18.8. The first-order valence-corrected chi connectivity index (χ1v) is 11.2. The third kappa shape index (κ3) is 4.85. The lowest BCUT2D eigenvalue weighted by Gasteiger charge is -2.37. The number of hydrogen-bond acceptors (Lipinski definition) is 6. The van der Waals surface area contributed by atoms with Gasteiger partial charge >= 0.3 is 5.97 Å². The first-order valence-electron chi connectivity index (χ1n) is 10.8. The van der Waals surface area contributed by atoms with E-state index in [2.05, 4.69) is 9.80 Å². The predicted octanol–water partition coefficient (Wildman–Crippen LogP) is 2.97. The normalized spacial score (nSPS) is 20.1. The van der Waals surface area contributed by atoms with Gasteiger partial charge in [0, 0.05) is 37.7 Å². The first-order chi connectivity index (χ1) is 15.5. The molecule has 32 heavy (non-hydrogen) atoms. The van der Waals surface area contributed by atoms with Gasteiger partial charge in [0.1, 0.15) is 0 Å². The second-order valence-electron chi connectivity index (χ2n) is 7.99. The number of anilines is 1. The number of esters is 1. The van der Waals surface area contributed by atoms with Crippen LogP contribution in [-0.2, 0) is 20.9 Å². The van der Waals surface area contributed by atoms with E-state index in [-0.39, 0.29) is 18.2 Å². The molecular formula is C24H26ClN3O4. The molecular weight excluding hydrogens is 430 g/mol. The van der Waals surface area contributed by atoms with Crippen molar-refractivity contribution in [3.8, 4) is 0 Å². The SMILES string of the molecule is CCOC(=O)c1ccc(N2C(=O)C[C@H](N3CCN(Cc4ccc(Cl)cc4)CC3)C2=O)cc1. The van der Waals surface area contributed by atoms with Gasteiger partial charge in [-0.1, -0.05) is 23.7 Å². The quantitative estimate of drug-likeness (QED) is 0.492. The van der Waals surface area contributed by atoms with Gasteiger partial charge in [0.05, 0.1) is 30.3 Å². The van der Waals surface area contributed by atoms with E-state index in [0.29, 0.717) is 17.9 Å². The Morgan fingerprint density at radius 2 is 1.66 bits per heavy atom. The minimum atomic E-state index is -0.440. The Morgan fingerprint density at radius 1 is 1.00 bits per heavy atom. The number of imide groups is 1. The molecule has 168 valence electrons. The van der Waals surface area contributed by atoms with Crippen LogP contribution in [0.3, 0.4) is 0 Å². The third-order valence-corrected chi connectivity index (χ3v) is 6.18. The largest absolute Gasteiger partial charge is 0.462 e. The van der Waals surface area contributed by atoms with Gasteiger partial charge in [0.15, 0.2) is 0 Å². The zero-order valence-electron chi connectivity index (χ0n) is 18.0. The molecule has 8 heteroatoms. The molecule has 2 fully saturated rings. The summed E-state index contributed by atoms with van der Waals surface area (Å²) in [6, 6.07) is 13.8. The molecule has 2 aliphatic heterocycles. The molecule has 2 aromatic rings. The van der Waals surface area contributed by atoms with Crippen molar-refractivity contribution in [1.82, 2.24) is 9.80 Å². The summed E-state index contributed by atoms with van der Waals surface area (Å²) in [6.07, 6.45) is 0.176. The fraction of sp³-hybridized carbons (Fsp3) is 0.375. The maximum Gasteiger partial charge on any atom is 0.338 e. The summed E-state index contributed by atoms with van der Waals surface area (Å²) >= 11 is 5.96. The van der Waals surface area contributed by atoms with Crippen molar-refractivity contribution in [2.24, 2.45) is 0 Å². The summed E-state index contributed by atoms with van der Waals surface area (Å²) in [7, 11) is 0. The van der Waals surface area contributed by atoms with Crippen molar-refractivity contribution < 1.29 is 19.1 Å². The van der Waals surface area contributed by atoms with Crippen LogP contribution in [0.25, 0.3) is 0 Å². The highest BCUT2D eigenvalue weighted by molar-refractivity contribution is 6.30. The average Bonchev–Trinajstić information content (AvgIpc) is 3.10. The maximum absolute atomic E-state index is 13.1. The van der Waals surface area contributed by atoms with Crippen molar-refractivity contribution in [1.29, 1.82) is 0 Å². The third-order valence-electron chi connectivity index (χ3n) is 5.93. The number of carbonyl (C=O) groups excluding carboxylic acids is 3. The lowest BCUT2D eigenvalue weighted by Crippen LogP contribution is -2.52. The summed E-state index contributed by atoms with van der Waals surface area (Å²) in [5.41, 5.74) is 2.08. The Labute approximate surface area is 192 Å². The Hall–Kier alpha value is -2.74. The minimum Gasteiger partial charge on any atom is -0.462 e. The maximum atomic E-state index is 13.1. The lowest BCUT2D eigenvalue weighted by atomic mass is 10.1. The number of ether oxygens (including phenoxy) is 1. The highest BCUT2D eigenvalue weighted by Crippen LogP contribution is 2.27. The van der Waals surface area contributed by atoms with Crippen molar-refractivity contribution in [3.05, 3.63) is 64.7 Å². The van der Waals surface area contributed by atoms with Gasteiger partial charge in [0.25, 0.3) is 5.91 Å². The summed E-state index contributed by atoms with van der Waals surface area (Å²) in [5, 5.41) is 0.725. The van der Waals surface area contributed by atoms with Crippen LogP contribution in [-0.4, -0.2) is 66.4 Å². The van der Waals surface area contributed by atoms with E-state index in [1.54, 1.807) is 31.2 Å². The number of halogens is 1. The van der Waals surface area contributed by atoms with Gasteiger partial charge in [0.2, 0.25) is 5.91 Å². The van der Waals surface area contributed by atoms with Crippen LogP contribution in [0.2, 0.25) is 5.02 Å². The smallest absolute Gasteiger partial charge is 0.338 e. The molecule has 2 saturated heterocycles. The predicted molar refractivity (Wildman–Crippen MR) is 122 cm³/mol. The van der Waals surface area contributed by atoms with E-state index >= 15 is 0 Å². The molecule has 2 aliphatic rings. The molecule has 0 unspecified atom stereocenters. The van der Waals surface area contributed by atoms with Crippen LogP contribution in [0.5, 0.6) is 0 Å². The highest BCUT2D eigenvalue weighted by Gasteiger charge is 2.43. The number of hydrogen-bond donors (Lipinski definition) is 0. The van der Waals surface area contributed by atoms with Crippen molar-refractivity contribution >= 4 is 35.1 Å². The van der Waals surface area contributed by atoms with Crippen LogP contribution < -0.4 is 4.90 Å². The molecule has 0 spiro atoms. The van der Waals surface area contributed by atoms with E-state index in [4.69, 9.17) is 16.3 Å². The summed E-state index contributed by atoms with van der Waals surface area (Å²) in [6.45, 7) is 5.98. The summed E-state index contributed by atoms with van der Waals surface area (Å²) in [4.78, 5) is 43.3. The number of amides is 2. The molecule has 0 saturated carbocycles. The second-order valence-corrected chi connectivity index (χ2v) is 8.43. The minimum absolute atomic E-state index is 0.176. The molecule has 0 N–H and O–H groups in total. The molecule has 4 rings (SSSR count). The van der Waals surface area contributed by atoms with Crippen LogP contribution in [0.4, 0.5) is 5.69 Å². The van der Waals surface area contributed by atoms with Gasteiger partial charge < -0.3 is 4.74 Å². The van der Waals surface area contributed by atoms with Crippen LogP contribution in [0, 0.1) is 0 Å². The van der Waals surface area contributed by atoms with Crippen molar-refractivity contribution in [2.75, 3.05) is 37.7 Å². The molecule has 2 aromatic carbocycles. The van der Waals surface area contributed by atoms with Crippen molar-refractivity contribution in [3.63, 3.8) is 0 Å². The molecule has 7 nitrogen and oxygen atoms in total. The molecule has 2 heterocycles. The van der Waals surface area contributed by atoms with E-state index in [1.165, 1.54) is 10.5 Å². The number of rotatable bonds is 6. The highest BCUT2D eigenvalue weighted by atomic mass is 35.5. The topological polar surface area (TPSA) is 70.2 Å². The number of nitrogens with zero attached hydrogens (tertiary/aromatic N) is 3. The van der Waals surface area contributed by atoms with E-state index in [9.17, 15) is 14.4 Å². The second kappa shape index (κ2) is 9.81. The summed E-state index contributed by atoms with van der Waals surface area (Å²) < 4.78 is 4.98. The molecule has 2 amide bonds. The lowest BCUT2D eigenvalue weighted by molar-refractivity contribution is -0.123. The Kier molecular flexibility index (Phi) is 6.89. The number of benzene rings is 2. The first kappa shape index (κ1) is 22.5. The van der Waals surface area contributed by atoms with E-state index in [0.717, 1.165) is 37.7 Å². The molecule has 0 radical (unpaired) electrons. The standard InChI is InChI=1S/C24H26ClN3O4/c1-2-32-24(31)18-5-9-20(10-6-18)28-22(29)15-21(23(28)30)27-13-11-26(12-14-27)16-17-3-7-19(25)8-4-17/h3-10,21H,2,11-16H2,1H3/t21-/m0/s1. The zero-order chi connectivity index (χ0) is 22.7. The van der Waals surface area contributed by atoms with Crippen LogP contribution >= 0.6 is 11.6 Å². The Morgan fingerprint density at radius 3 is 2.28 bits per heavy atom. The molecule has 0 aromatic heterocycles. The van der Waals surface area contributed by atoms with Crippen molar-refractivity contribution in [2.45, 2.75) is 25.9 Å². The molecule has 1 atom stereocenters. The Bertz CT molecular complexity index is 985. The fourth-order valence-electron chi connectivity index (χ4n) is 4.21. The van der Waals surface area contributed by atoms with Gasteiger partial charge in [-0.25, -0.2) is 9.69 Å². The van der Waals surface area contributed by atoms with Crippen LogP contribution in [0.15, 0.2) is 48.5 Å². The molecule has 0 aliphatic carbocycles.